The number of carbonyl (C=O) groups excluding carboxylic acids is 1. The molecule has 4 heteroatoms. The maximum Gasteiger partial charge on any atom is 0.257 e. The van der Waals surface area contributed by atoms with Crippen LogP contribution in [0.3, 0.4) is 0 Å². The van der Waals surface area contributed by atoms with Crippen molar-refractivity contribution in [2.75, 3.05) is 5.32 Å². The molecule has 1 amide bonds. The largest absolute Gasteiger partial charge is 0.298 e. The van der Waals surface area contributed by atoms with Crippen LogP contribution in [0, 0.1) is 13.8 Å². The van der Waals surface area contributed by atoms with Gasteiger partial charge in [-0.3, -0.25) is 10.1 Å². The summed E-state index contributed by atoms with van der Waals surface area (Å²) >= 11 is 1.47. The average Bonchev–Trinajstić information content (AvgIpc) is 2.76. The smallest absolute Gasteiger partial charge is 0.257 e. The molecule has 1 aromatic heterocycles. The number of benzene rings is 1. The number of hydrogen-bond donors (Lipinski definition) is 1. The van der Waals surface area contributed by atoms with Crippen molar-refractivity contribution in [3.63, 3.8) is 0 Å². The van der Waals surface area contributed by atoms with Crippen molar-refractivity contribution in [2.45, 2.75) is 40.0 Å². The molecule has 2 rings (SSSR count). The first-order valence-electron chi connectivity index (χ1n) is 6.62. The maximum absolute atomic E-state index is 12.3. The van der Waals surface area contributed by atoms with E-state index in [1.54, 1.807) is 0 Å². The van der Waals surface area contributed by atoms with E-state index in [0.717, 1.165) is 16.8 Å². The molecule has 0 fully saturated rings. The van der Waals surface area contributed by atoms with Crippen LogP contribution in [0.4, 0.5) is 5.13 Å². The first-order chi connectivity index (χ1) is 9.27. The molecular weight excluding hydrogens is 268 g/mol. The number of aromatic nitrogens is 1. The third-order valence-electron chi connectivity index (χ3n) is 3.12. The monoisotopic (exact) mass is 288 g/mol. The summed E-state index contributed by atoms with van der Waals surface area (Å²) in [7, 11) is 0. The van der Waals surface area contributed by atoms with E-state index in [1.807, 2.05) is 37.4 Å². The van der Waals surface area contributed by atoms with Gasteiger partial charge in [-0.15, -0.1) is 11.3 Å². The summed E-state index contributed by atoms with van der Waals surface area (Å²) in [6, 6.07) is 5.82. The zero-order valence-corrected chi connectivity index (χ0v) is 13.4. The molecule has 0 aliphatic rings. The fourth-order valence-corrected chi connectivity index (χ4v) is 2.84. The van der Waals surface area contributed by atoms with E-state index in [0.29, 0.717) is 10.7 Å². The minimum Gasteiger partial charge on any atom is -0.298 e. The van der Waals surface area contributed by atoms with Crippen LogP contribution in [-0.2, 0) is 5.41 Å². The van der Waals surface area contributed by atoms with Crippen molar-refractivity contribution >= 4 is 22.4 Å². The summed E-state index contributed by atoms with van der Waals surface area (Å²) < 4.78 is 0. The van der Waals surface area contributed by atoms with Crippen LogP contribution in [0.2, 0.25) is 0 Å². The third-order valence-corrected chi connectivity index (χ3v) is 3.88. The van der Waals surface area contributed by atoms with Gasteiger partial charge < -0.3 is 0 Å². The highest BCUT2D eigenvalue weighted by molar-refractivity contribution is 7.14. The summed E-state index contributed by atoms with van der Waals surface area (Å²) in [5, 5.41) is 5.53. The SMILES string of the molecule is Cc1ccc(C(=O)Nc2nc(C(C)(C)C)cs2)c(C)c1. The van der Waals surface area contributed by atoms with Gasteiger partial charge >= 0.3 is 0 Å². The van der Waals surface area contributed by atoms with E-state index in [9.17, 15) is 4.79 Å². The Kier molecular flexibility index (Phi) is 3.95. The Morgan fingerprint density at radius 2 is 1.95 bits per heavy atom. The Bertz CT molecular complexity index is 638. The van der Waals surface area contributed by atoms with Crippen LogP contribution >= 0.6 is 11.3 Å². The van der Waals surface area contributed by atoms with Crippen molar-refractivity contribution in [3.05, 3.63) is 46.0 Å². The molecule has 1 N–H and O–H groups in total. The highest BCUT2D eigenvalue weighted by atomic mass is 32.1. The zero-order valence-electron chi connectivity index (χ0n) is 12.6. The number of nitrogens with one attached hydrogen (secondary N) is 1. The van der Waals surface area contributed by atoms with Crippen molar-refractivity contribution in [1.82, 2.24) is 4.98 Å². The van der Waals surface area contributed by atoms with E-state index in [1.165, 1.54) is 11.3 Å². The summed E-state index contributed by atoms with van der Waals surface area (Å²) in [6.07, 6.45) is 0. The Labute approximate surface area is 124 Å². The molecule has 3 nitrogen and oxygen atoms in total. The average molecular weight is 288 g/mol. The van der Waals surface area contributed by atoms with Crippen molar-refractivity contribution in [1.29, 1.82) is 0 Å². The summed E-state index contributed by atoms with van der Waals surface area (Å²) in [5.74, 6) is -0.0997. The Morgan fingerprint density at radius 3 is 2.50 bits per heavy atom. The van der Waals surface area contributed by atoms with Crippen LogP contribution < -0.4 is 5.32 Å². The van der Waals surface area contributed by atoms with Crippen LogP contribution in [0.1, 0.15) is 48.0 Å². The molecule has 0 spiro atoms. The molecule has 0 saturated heterocycles. The predicted octanol–water partition coefficient (Wildman–Crippen LogP) is 4.31. The fourth-order valence-electron chi connectivity index (χ4n) is 1.91. The molecule has 1 aromatic carbocycles. The van der Waals surface area contributed by atoms with E-state index in [-0.39, 0.29) is 11.3 Å². The van der Waals surface area contributed by atoms with Gasteiger partial charge in [0.2, 0.25) is 0 Å². The van der Waals surface area contributed by atoms with E-state index in [2.05, 4.69) is 31.1 Å². The summed E-state index contributed by atoms with van der Waals surface area (Å²) in [4.78, 5) is 16.7. The van der Waals surface area contributed by atoms with Crippen LogP contribution in [-0.4, -0.2) is 10.9 Å². The quantitative estimate of drug-likeness (QED) is 0.894. The van der Waals surface area contributed by atoms with Crippen molar-refractivity contribution in [3.8, 4) is 0 Å². The van der Waals surface area contributed by atoms with Gasteiger partial charge in [0.1, 0.15) is 0 Å². The van der Waals surface area contributed by atoms with Gasteiger partial charge in [-0.25, -0.2) is 4.98 Å². The second kappa shape index (κ2) is 5.37. The summed E-state index contributed by atoms with van der Waals surface area (Å²) in [6.45, 7) is 10.3. The number of amides is 1. The predicted molar refractivity (Wildman–Crippen MR) is 84.7 cm³/mol. The normalized spacial score (nSPS) is 11.4. The number of nitrogens with zero attached hydrogens (tertiary/aromatic N) is 1. The Morgan fingerprint density at radius 1 is 1.25 bits per heavy atom. The lowest BCUT2D eigenvalue weighted by Gasteiger charge is -2.14. The summed E-state index contributed by atoms with van der Waals surface area (Å²) in [5.41, 5.74) is 3.83. The second-order valence-electron chi connectivity index (χ2n) is 6.06. The van der Waals surface area contributed by atoms with Gasteiger partial charge in [0.05, 0.1) is 5.69 Å². The number of rotatable bonds is 2. The molecule has 0 saturated carbocycles. The zero-order chi connectivity index (χ0) is 14.9. The second-order valence-corrected chi connectivity index (χ2v) is 6.92. The number of carbonyl (C=O) groups is 1. The van der Waals surface area contributed by atoms with E-state index >= 15 is 0 Å². The minimum atomic E-state index is -0.0997. The molecule has 106 valence electrons. The number of aryl methyl sites for hydroxylation is 2. The van der Waals surface area contributed by atoms with Gasteiger partial charge in [-0.05, 0) is 25.5 Å². The highest BCUT2D eigenvalue weighted by Gasteiger charge is 2.18. The maximum atomic E-state index is 12.3. The molecule has 20 heavy (non-hydrogen) atoms. The molecular formula is C16H20N2OS. The number of anilines is 1. The first kappa shape index (κ1) is 14.7. The molecule has 1 heterocycles. The lowest BCUT2D eigenvalue weighted by Crippen LogP contribution is -2.15. The molecule has 0 bridgehead atoms. The molecule has 0 aliphatic carbocycles. The van der Waals surface area contributed by atoms with Gasteiger partial charge in [0, 0.05) is 16.4 Å². The van der Waals surface area contributed by atoms with Gasteiger partial charge in [-0.1, -0.05) is 38.5 Å². The number of thiazole rings is 1. The third kappa shape index (κ3) is 3.25. The Balaban J connectivity index is 2.17. The first-order valence-corrected chi connectivity index (χ1v) is 7.50. The Hall–Kier alpha value is -1.68. The van der Waals surface area contributed by atoms with Crippen LogP contribution in [0.15, 0.2) is 23.6 Å². The molecule has 0 aliphatic heterocycles. The molecule has 0 unspecified atom stereocenters. The molecule has 0 radical (unpaired) electrons. The van der Waals surface area contributed by atoms with E-state index in [4.69, 9.17) is 0 Å². The van der Waals surface area contributed by atoms with Gasteiger partial charge in [-0.2, -0.15) is 0 Å². The highest BCUT2D eigenvalue weighted by Crippen LogP contribution is 2.26. The number of hydrogen-bond acceptors (Lipinski definition) is 3. The standard InChI is InChI=1S/C16H20N2OS/c1-10-6-7-12(11(2)8-10)14(19)18-15-17-13(9-20-15)16(3,4)5/h6-9H,1-5H3,(H,17,18,19). The molecule has 2 aromatic rings. The van der Waals surface area contributed by atoms with Gasteiger partial charge in [0.25, 0.3) is 5.91 Å². The lowest BCUT2D eigenvalue weighted by molar-refractivity contribution is 0.102. The van der Waals surface area contributed by atoms with Crippen molar-refractivity contribution < 1.29 is 4.79 Å². The van der Waals surface area contributed by atoms with Crippen LogP contribution in [0.5, 0.6) is 0 Å². The van der Waals surface area contributed by atoms with Crippen LogP contribution in [0.25, 0.3) is 0 Å². The fraction of sp³-hybridized carbons (Fsp3) is 0.375. The lowest BCUT2D eigenvalue weighted by atomic mass is 9.93. The van der Waals surface area contributed by atoms with E-state index < -0.39 is 0 Å². The molecule has 0 atom stereocenters. The van der Waals surface area contributed by atoms with Crippen molar-refractivity contribution in [2.24, 2.45) is 0 Å². The minimum absolute atomic E-state index is 0.000741. The topological polar surface area (TPSA) is 42.0 Å². The van der Waals surface area contributed by atoms with Gasteiger partial charge in [0.15, 0.2) is 5.13 Å².